The van der Waals surface area contributed by atoms with Crippen molar-refractivity contribution in [2.45, 2.75) is 6.92 Å². The first-order valence-corrected chi connectivity index (χ1v) is 6.27. The number of pyridine rings is 1. The molecule has 0 saturated heterocycles. The first kappa shape index (κ1) is 13.4. The summed E-state index contributed by atoms with van der Waals surface area (Å²) in [6.07, 6.45) is 1.65. The molecular weight excluding hydrogens is 310 g/mol. The van der Waals surface area contributed by atoms with Gasteiger partial charge in [-0.2, -0.15) is 0 Å². The first-order valence-electron chi connectivity index (χ1n) is 5.48. The summed E-state index contributed by atoms with van der Waals surface area (Å²) in [5, 5.41) is 11.6. The number of amidine groups is 1. The second-order valence-corrected chi connectivity index (χ2v) is 4.72. The summed E-state index contributed by atoms with van der Waals surface area (Å²) in [7, 11) is 0. The van der Waals surface area contributed by atoms with E-state index in [1.165, 1.54) is 0 Å². The molecule has 0 bridgehead atoms. The van der Waals surface area contributed by atoms with Gasteiger partial charge < -0.3 is 15.7 Å². The van der Waals surface area contributed by atoms with Gasteiger partial charge in [-0.1, -0.05) is 5.16 Å². The fourth-order valence-electron chi connectivity index (χ4n) is 1.44. The highest BCUT2D eigenvalue weighted by atomic mass is 79.9. The number of oxime groups is 1. The molecule has 19 heavy (non-hydrogen) atoms. The van der Waals surface area contributed by atoms with E-state index >= 15 is 0 Å². The zero-order valence-electron chi connectivity index (χ0n) is 10.2. The molecular formula is C13H12BrN3O2. The van der Waals surface area contributed by atoms with Crippen molar-refractivity contribution in [2.24, 2.45) is 10.9 Å². The number of nitrogens with two attached hydrogens (primary N) is 1. The average Bonchev–Trinajstić information content (AvgIpc) is 2.42. The molecule has 98 valence electrons. The average molecular weight is 322 g/mol. The van der Waals surface area contributed by atoms with E-state index in [1.807, 2.05) is 19.1 Å². The third kappa shape index (κ3) is 3.23. The predicted octanol–water partition coefficient (Wildman–Crippen LogP) is 3.04. The maximum atomic E-state index is 8.62. The van der Waals surface area contributed by atoms with Gasteiger partial charge in [-0.3, -0.25) is 4.98 Å². The molecule has 0 radical (unpaired) electrons. The summed E-state index contributed by atoms with van der Waals surface area (Å²) >= 11 is 3.38. The lowest BCUT2D eigenvalue weighted by Crippen LogP contribution is -2.12. The van der Waals surface area contributed by atoms with Crippen molar-refractivity contribution < 1.29 is 9.94 Å². The van der Waals surface area contributed by atoms with E-state index in [2.05, 4.69) is 26.1 Å². The summed E-state index contributed by atoms with van der Waals surface area (Å²) in [5.41, 5.74) is 7.04. The van der Waals surface area contributed by atoms with Crippen LogP contribution in [0.25, 0.3) is 0 Å². The van der Waals surface area contributed by atoms with Crippen molar-refractivity contribution in [2.75, 3.05) is 0 Å². The Morgan fingerprint density at radius 1 is 1.37 bits per heavy atom. The lowest BCUT2D eigenvalue weighted by atomic mass is 10.2. The Bertz CT molecular complexity index is 612. The third-order valence-electron chi connectivity index (χ3n) is 2.45. The molecule has 0 amide bonds. The van der Waals surface area contributed by atoms with Crippen molar-refractivity contribution in [1.82, 2.24) is 4.98 Å². The van der Waals surface area contributed by atoms with Gasteiger partial charge in [-0.05, 0) is 53.2 Å². The van der Waals surface area contributed by atoms with Crippen LogP contribution in [-0.2, 0) is 0 Å². The van der Waals surface area contributed by atoms with Crippen molar-refractivity contribution in [3.8, 4) is 11.5 Å². The molecule has 5 nitrogen and oxygen atoms in total. The van der Waals surface area contributed by atoms with Crippen molar-refractivity contribution >= 4 is 21.8 Å². The van der Waals surface area contributed by atoms with Gasteiger partial charge in [-0.15, -0.1) is 0 Å². The number of aromatic nitrogens is 1. The number of aryl methyl sites for hydroxylation is 1. The van der Waals surface area contributed by atoms with Gasteiger partial charge >= 0.3 is 0 Å². The zero-order valence-corrected chi connectivity index (χ0v) is 11.8. The molecule has 1 aromatic heterocycles. The second kappa shape index (κ2) is 5.71. The van der Waals surface area contributed by atoms with E-state index in [4.69, 9.17) is 15.7 Å². The molecule has 3 N–H and O–H groups in total. The van der Waals surface area contributed by atoms with Gasteiger partial charge in [0.25, 0.3) is 0 Å². The van der Waals surface area contributed by atoms with E-state index in [0.717, 1.165) is 5.69 Å². The molecule has 1 heterocycles. The smallest absolute Gasteiger partial charge is 0.170 e. The number of rotatable bonds is 3. The van der Waals surface area contributed by atoms with Crippen LogP contribution in [0.1, 0.15) is 11.3 Å². The zero-order chi connectivity index (χ0) is 13.8. The van der Waals surface area contributed by atoms with Crippen molar-refractivity contribution in [3.63, 3.8) is 0 Å². The molecule has 1 aromatic carbocycles. The lowest BCUT2D eigenvalue weighted by molar-refractivity contribution is 0.318. The Balaban J connectivity index is 2.24. The van der Waals surface area contributed by atoms with Gasteiger partial charge in [-0.25, -0.2) is 0 Å². The Morgan fingerprint density at radius 3 is 2.74 bits per heavy atom. The molecule has 0 unspecified atom stereocenters. The summed E-state index contributed by atoms with van der Waals surface area (Å²) in [4.78, 5) is 4.15. The van der Waals surface area contributed by atoms with Crippen LogP contribution in [0.5, 0.6) is 11.5 Å². The number of ether oxygens (including phenoxy) is 1. The molecule has 0 aliphatic rings. The number of nitrogens with zero attached hydrogens (tertiary/aromatic N) is 2. The highest BCUT2D eigenvalue weighted by Crippen LogP contribution is 2.30. The van der Waals surface area contributed by atoms with Crippen molar-refractivity contribution in [1.29, 1.82) is 0 Å². The summed E-state index contributed by atoms with van der Waals surface area (Å²) in [6.45, 7) is 1.91. The molecule has 0 atom stereocenters. The van der Waals surface area contributed by atoms with E-state index in [1.54, 1.807) is 24.4 Å². The largest absolute Gasteiger partial charge is 0.455 e. The van der Waals surface area contributed by atoms with Crippen LogP contribution < -0.4 is 10.5 Å². The topological polar surface area (TPSA) is 80.7 Å². The van der Waals surface area contributed by atoms with Crippen LogP contribution in [-0.4, -0.2) is 16.0 Å². The van der Waals surface area contributed by atoms with Crippen LogP contribution in [0.2, 0.25) is 0 Å². The lowest BCUT2D eigenvalue weighted by Gasteiger charge is -2.08. The minimum atomic E-state index is 0.0456. The van der Waals surface area contributed by atoms with E-state index < -0.39 is 0 Å². The number of hydrogen-bond donors (Lipinski definition) is 2. The Hall–Kier alpha value is -2.08. The van der Waals surface area contributed by atoms with E-state index in [0.29, 0.717) is 21.5 Å². The summed E-state index contributed by atoms with van der Waals surface area (Å²) in [6, 6.07) is 8.86. The number of benzene rings is 1. The minimum Gasteiger partial charge on any atom is -0.455 e. The van der Waals surface area contributed by atoms with Crippen LogP contribution in [0.4, 0.5) is 0 Å². The van der Waals surface area contributed by atoms with Crippen molar-refractivity contribution in [3.05, 3.63) is 52.3 Å². The SMILES string of the molecule is Cc1ccc(Oc2ccc(/C(N)=N/O)cc2Br)cn1. The minimum absolute atomic E-state index is 0.0456. The Labute approximate surface area is 118 Å². The molecule has 0 aliphatic carbocycles. The molecule has 0 aliphatic heterocycles. The first-order chi connectivity index (χ1) is 9.10. The molecule has 6 heteroatoms. The fourth-order valence-corrected chi connectivity index (χ4v) is 1.90. The quantitative estimate of drug-likeness (QED) is 0.394. The Morgan fingerprint density at radius 2 is 2.16 bits per heavy atom. The maximum Gasteiger partial charge on any atom is 0.170 e. The third-order valence-corrected chi connectivity index (χ3v) is 3.07. The highest BCUT2D eigenvalue weighted by Gasteiger charge is 2.07. The fraction of sp³-hybridized carbons (Fsp3) is 0.0769. The molecule has 0 spiro atoms. The van der Waals surface area contributed by atoms with Crippen LogP contribution in [0.3, 0.4) is 0 Å². The van der Waals surface area contributed by atoms with E-state index in [-0.39, 0.29) is 5.84 Å². The molecule has 2 aromatic rings. The van der Waals surface area contributed by atoms with Gasteiger partial charge in [0, 0.05) is 11.3 Å². The Kier molecular flexibility index (Phi) is 4.01. The van der Waals surface area contributed by atoms with Crippen LogP contribution >= 0.6 is 15.9 Å². The summed E-state index contributed by atoms with van der Waals surface area (Å²) < 4.78 is 6.39. The van der Waals surface area contributed by atoms with Gasteiger partial charge in [0.2, 0.25) is 0 Å². The second-order valence-electron chi connectivity index (χ2n) is 3.87. The molecule has 0 saturated carbocycles. The monoisotopic (exact) mass is 321 g/mol. The maximum absolute atomic E-state index is 8.62. The number of halogens is 1. The van der Waals surface area contributed by atoms with E-state index in [9.17, 15) is 0 Å². The van der Waals surface area contributed by atoms with Crippen LogP contribution in [0.15, 0.2) is 46.2 Å². The van der Waals surface area contributed by atoms with Crippen LogP contribution in [0, 0.1) is 6.92 Å². The normalized spacial score (nSPS) is 11.4. The number of hydrogen-bond acceptors (Lipinski definition) is 4. The standard InChI is InChI=1S/C13H12BrN3O2/c1-8-2-4-10(7-16-8)19-12-5-3-9(6-11(12)14)13(15)17-18/h2-7,18H,1H3,(H2,15,17). The van der Waals surface area contributed by atoms with Gasteiger partial charge in [0.15, 0.2) is 5.84 Å². The van der Waals surface area contributed by atoms with Gasteiger partial charge in [0.05, 0.1) is 10.7 Å². The molecule has 0 fully saturated rings. The molecule has 2 rings (SSSR count). The summed E-state index contributed by atoms with van der Waals surface area (Å²) in [5.74, 6) is 1.31. The highest BCUT2D eigenvalue weighted by molar-refractivity contribution is 9.10. The predicted molar refractivity (Wildman–Crippen MR) is 75.7 cm³/mol. The van der Waals surface area contributed by atoms with Gasteiger partial charge in [0.1, 0.15) is 11.5 Å².